The van der Waals surface area contributed by atoms with Crippen LogP contribution >= 0.6 is 0 Å². The summed E-state index contributed by atoms with van der Waals surface area (Å²) in [4.78, 5) is 6.80. The minimum Gasteiger partial charge on any atom is -0.492 e. The Morgan fingerprint density at radius 3 is 2.62 bits per heavy atom. The molecule has 0 radical (unpaired) electrons. The van der Waals surface area contributed by atoms with Crippen LogP contribution in [0.15, 0.2) is 29.3 Å². The number of guanidine groups is 1. The molecule has 0 aliphatic heterocycles. The molecule has 1 aromatic rings. The van der Waals surface area contributed by atoms with Gasteiger partial charge in [0.2, 0.25) is 0 Å². The summed E-state index contributed by atoms with van der Waals surface area (Å²) in [5.41, 5.74) is 1.10. The number of nitrogens with zero attached hydrogens (tertiary/aromatic N) is 2. The molecule has 0 aliphatic rings. The van der Waals surface area contributed by atoms with E-state index in [-0.39, 0.29) is 0 Å². The first-order valence-corrected chi connectivity index (χ1v) is 9.62. The van der Waals surface area contributed by atoms with Gasteiger partial charge in [-0.25, -0.2) is 4.99 Å². The molecule has 0 unspecified atom stereocenters. The van der Waals surface area contributed by atoms with E-state index >= 15 is 0 Å². The molecule has 1 rings (SSSR count). The van der Waals surface area contributed by atoms with Crippen molar-refractivity contribution < 1.29 is 9.47 Å². The lowest BCUT2D eigenvalue weighted by Gasteiger charge is -2.14. The quantitative estimate of drug-likeness (QED) is 0.320. The summed E-state index contributed by atoms with van der Waals surface area (Å²) in [5, 5.41) is 6.67. The summed E-state index contributed by atoms with van der Waals surface area (Å²) in [6.07, 6.45) is 2.12. The highest BCUT2D eigenvalue weighted by atomic mass is 16.5. The normalized spacial score (nSPS) is 11.7. The van der Waals surface area contributed by atoms with Crippen molar-refractivity contribution in [3.63, 3.8) is 0 Å². The van der Waals surface area contributed by atoms with Crippen molar-refractivity contribution in [1.82, 2.24) is 15.5 Å². The van der Waals surface area contributed by atoms with Crippen LogP contribution in [0, 0.1) is 0 Å². The largest absolute Gasteiger partial charge is 0.492 e. The number of ether oxygens (including phenoxy) is 2. The van der Waals surface area contributed by atoms with E-state index in [0.717, 1.165) is 63.0 Å². The maximum Gasteiger partial charge on any atom is 0.191 e. The van der Waals surface area contributed by atoms with Crippen molar-refractivity contribution in [3.05, 3.63) is 29.8 Å². The van der Waals surface area contributed by atoms with Crippen molar-refractivity contribution in [2.24, 2.45) is 4.99 Å². The average Bonchev–Trinajstić information content (AvgIpc) is 2.63. The van der Waals surface area contributed by atoms with E-state index in [1.54, 1.807) is 0 Å². The molecule has 0 aromatic heterocycles. The Bertz CT molecular complexity index is 506. The van der Waals surface area contributed by atoms with Gasteiger partial charge in [0.15, 0.2) is 5.96 Å². The van der Waals surface area contributed by atoms with Crippen molar-refractivity contribution in [1.29, 1.82) is 0 Å². The van der Waals surface area contributed by atoms with Crippen LogP contribution in [0.4, 0.5) is 0 Å². The second kappa shape index (κ2) is 14.4. The summed E-state index contributed by atoms with van der Waals surface area (Å²) in [6, 6.07) is 8.10. The van der Waals surface area contributed by atoms with E-state index in [9.17, 15) is 0 Å². The number of unbranched alkanes of at least 4 members (excludes halogenated alkanes) is 1. The molecule has 0 amide bonds. The topological polar surface area (TPSA) is 58.1 Å². The van der Waals surface area contributed by atoms with Crippen LogP contribution in [0.25, 0.3) is 0 Å². The Morgan fingerprint density at radius 1 is 1.08 bits per heavy atom. The standard InChI is InChI=1S/C20H36N4O2/c1-5-21-20(22-13-9-10-15-25-6-2)23-17-18-11-7-8-12-19(18)26-16-14-24(3)4/h7-8,11-12H,5-6,9-10,13-17H2,1-4H3,(H2,21,22,23). The molecule has 0 fully saturated rings. The van der Waals surface area contributed by atoms with Gasteiger partial charge < -0.3 is 25.0 Å². The van der Waals surface area contributed by atoms with Gasteiger partial charge in [-0.3, -0.25) is 0 Å². The van der Waals surface area contributed by atoms with E-state index in [1.165, 1.54) is 0 Å². The van der Waals surface area contributed by atoms with Crippen LogP contribution in [0.1, 0.15) is 32.3 Å². The fourth-order valence-electron chi connectivity index (χ4n) is 2.30. The van der Waals surface area contributed by atoms with Crippen molar-refractivity contribution >= 4 is 5.96 Å². The monoisotopic (exact) mass is 364 g/mol. The van der Waals surface area contributed by atoms with Crippen LogP contribution in [0.2, 0.25) is 0 Å². The Balaban J connectivity index is 2.51. The summed E-state index contributed by atoms with van der Waals surface area (Å²) >= 11 is 0. The molecule has 0 saturated carbocycles. The molecule has 6 nitrogen and oxygen atoms in total. The Labute approximate surface area is 159 Å². The van der Waals surface area contributed by atoms with Gasteiger partial charge in [-0.05, 0) is 46.9 Å². The Hall–Kier alpha value is -1.79. The zero-order chi connectivity index (χ0) is 19.0. The maximum absolute atomic E-state index is 5.91. The molecule has 0 bridgehead atoms. The third-order valence-corrected chi connectivity index (χ3v) is 3.73. The minimum absolute atomic E-state index is 0.590. The first-order valence-electron chi connectivity index (χ1n) is 9.62. The molecule has 0 atom stereocenters. The lowest BCUT2D eigenvalue weighted by Crippen LogP contribution is -2.37. The smallest absolute Gasteiger partial charge is 0.191 e. The SMILES string of the molecule is CCNC(=NCc1ccccc1OCCN(C)C)NCCCCOCC. The minimum atomic E-state index is 0.590. The fourth-order valence-corrected chi connectivity index (χ4v) is 2.30. The second-order valence-electron chi connectivity index (χ2n) is 6.29. The fraction of sp³-hybridized carbons (Fsp3) is 0.650. The van der Waals surface area contributed by atoms with Gasteiger partial charge in [0.25, 0.3) is 0 Å². The van der Waals surface area contributed by atoms with Gasteiger partial charge >= 0.3 is 0 Å². The molecule has 6 heteroatoms. The maximum atomic E-state index is 5.91. The van der Waals surface area contributed by atoms with Gasteiger partial charge in [0.05, 0.1) is 6.54 Å². The number of nitrogens with one attached hydrogen (secondary N) is 2. The zero-order valence-corrected chi connectivity index (χ0v) is 16.9. The van der Waals surface area contributed by atoms with Crippen molar-refractivity contribution in [2.45, 2.75) is 33.2 Å². The predicted molar refractivity (Wildman–Crippen MR) is 109 cm³/mol. The van der Waals surface area contributed by atoms with Crippen LogP contribution in [0.5, 0.6) is 5.75 Å². The lowest BCUT2D eigenvalue weighted by molar-refractivity contribution is 0.143. The van der Waals surface area contributed by atoms with Gasteiger partial charge in [0.1, 0.15) is 12.4 Å². The molecule has 0 saturated heterocycles. The molecule has 0 spiro atoms. The third-order valence-electron chi connectivity index (χ3n) is 3.73. The van der Waals surface area contributed by atoms with E-state index in [4.69, 9.17) is 14.5 Å². The highest BCUT2D eigenvalue weighted by Gasteiger charge is 2.04. The van der Waals surface area contributed by atoms with Gasteiger partial charge in [-0.1, -0.05) is 18.2 Å². The number of benzene rings is 1. The summed E-state index contributed by atoms with van der Waals surface area (Å²) < 4.78 is 11.3. The van der Waals surface area contributed by atoms with Gasteiger partial charge in [0, 0.05) is 38.4 Å². The number of aliphatic imine (C=N–C) groups is 1. The second-order valence-corrected chi connectivity index (χ2v) is 6.29. The number of likely N-dealkylation sites (N-methyl/N-ethyl adjacent to an activating group) is 1. The molecule has 0 heterocycles. The number of hydrogen-bond donors (Lipinski definition) is 2. The van der Waals surface area contributed by atoms with Crippen LogP contribution in [-0.2, 0) is 11.3 Å². The number of rotatable bonds is 13. The predicted octanol–water partition coefficient (Wildman–Crippen LogP) is 2.50. The van der Waals surface area contributed by atoms with E-state index in [2.05, 4.69) is 28.5 Å². The van der Waals surface area contributed by atoms with Crippen LogP contribution < -0.4 is 15.4 Å². The Kier molecular flexibility index (Phi) is 12.3. The molecule has 0 aliphatic carbocycles. The zero-order valence-electron chi connectivity index (χ0n) is 16.9. The van der Waals surface area contributed by atoms with E-state index < -0.39 is 0 Å². The number of para-hydroxylation sites is 1. The molecule has 2 N–H and O–H groups in total. The van der Waals surface area contributed by atoms with Crippen LogP contribution in [0.3, 0.4) is 0 Å². The molecule has 148 valence electrons. The summed E-state index contributed by atoms with van der Waals surface area (Å²) in [7, 11) is 4.09. The third kappa shape index (κ3) is 10.3. The average molecular weight is 365 g/mol. The van der Waals surface area contributed by atoms with E-state index in [1.807, 2.05) is 39.2 Å². The highest BCUT2D eigenvalue weighted by Crippen LogP contribution is 2.18. The summed E-state index contributed by atoms with van der Waals surface area (Å²) in [6.45, 7) is 9.59. The molecule has 1 aromatic carbocycles. The van der Waals surface area contributed by atoms with Crippen LogP contribution in [-0.4, -0.2) is 64.4 Å². The molecular weight excluding hydrogens is 328 g/mol. The number of hydrogen-bond acceptors (Lipinski definition) is 4. The first kappa shape index (κ1) is 22.3. The first-order chi connectivity index (χ1) is 12.7. The van der Waals surface area contributed by atoms with Gasteiger partial charge in [-0.15, -0.1) is 0 Å². The van der Waals surface area contributed by atoms with Gasteiger partial charge in [-0.2, -0.15) is 0 Å². The summed E-state index contributed by atoms with van der Waals surface area (Å²) in [5.74, 6) is 1.75. The molecule has 26 heavy (non-hydrogen) atoms. The molecular formula is C20H36N4O2. The van der Waals surface area contributed by atoms with Crippen molar-refractivity contribution in [2.75, 3.05) is 53.6 Å². The highest BCUT2D eigenvalue weighted by molar-refractivity contribution is 5.79. The van der Waals surface area contributed by atoms with E-state index in [0.29, 0.717) is 13.2 Å². The van der Waals surface area contributed by atoms with Crippen molar-refractivity contribution in [3.8, 4) is 5.75 Å². The lowest BCUT2D eigenvalue weighted by atomic mass is 10.2. The Morgan fingerprint density at radius 2 is 1.88 bits per heavy atom.